The summed E-state index contributed by atoms with van der Waals surface area (Å²) >= 11 is 3.33. The predicted molar refractivity (Wildman–Crippen MR) is 111 cm³/mol. The van der Waals surface area contributed by atoms with Crippen molar-refractivity contribution in [1.29, 1.82) is 0 Å². The topological polar surface area (TPSA) is 59.5 Å². The van der Waals surface area contributed by atoms with Crippen LogP contribution in [0.1, 0.15) is 11.1 Å². The Kier molecular flexibility index (Phi) is 5.83. The van der Waals surface area contributed by atoms with Gasteiger partial charge in [0.1, 0.15) is 10.6 Å². The van der Waals surface area contributed by atoms with Gasteiger partial charge >= 0.3 is 0 Å². The molecule has 0 aliphatic heterocycles. The minimum absolute atomic E-state index is 0.138. The third-order valence-corrected chi connectivity index (χ3v) is 6.31. The molecule has 27 heavy (non-hydrogen) atoms. The smallest absolute Gasteiger partial charge is 0.186 e. The second-order valence-electron chi connectivity index (χ2n) is 6.66. The van der Waals surface area contributed by atoms with E-state index >= 15 is 0 Å². The van der Waals surface area contributed by atoms with Crippen LogP contribution in [0.3, 0.4) is 0 Å². The number of ether oxygens (including phenoxy) is 1. The van der Waals surface area contributed by atoms with Crippen molar-refractivity contribution >= 4 is 36.7 Å². The lowest BCUT2D eigenvalue weighted by Crippen LogP contribution is -2.10. The minimum Gasteiger partial charge on any atom is -0.495 e. The molecule has 0 unspecified atom stereocenters. The van der Waals surface area contributed by atoms with Crippen LogP contribution < -0.4 is 4.74 Å². The summed E-state index contributed by atoms with van der Waals surface area (Å²) in [6.07, 6.45) is 1.62. The van der Waals surface area contributed by atoms with Gasteiger partial charge in [0.05, 0.1) is 18.4 Å². The van der Waals surface area contributed by atoms with Gasteiger partial charge in [-0.05, 0) is 61.6 Å². The Morgan fingerprint density at radius 3 is 2.52 bits per heavy atom. The van der Waals surface area contributed by atoms with Crippen LogP contribution in [0.2, 0.25) is 0 Å². The quantitative estimate of drug-likeness (QED) is 0.569. The fourth-order valence-corrected chi connectivity index (χ4v) is 4.99. The molecule has 0 bridgehead atoms. The first-order chi connectivity index (χ1) is 12.8. The van der Waals surface area contributed by atoms with E-state index < -0.39 is 9.84 Å². The summed E-state index contributed by atoms with van der Waals surface area (Å²) in [5.74, 6) is 0.195. The van der Waals surface area contributed by atoms with Gasteiger partial charge in [0.2, 0.25) is 0 Å². The van der Waals surface area contributed by atoms with Crippen LogP contribution in [-0.4, -0.2) is 39.5 Å². The van der Waals surface area contributed by atoms with Gasteiger partial charge in [-0.15, -0.1) is 0 Å². The largest absolute Gasteiger partial charge is 0.495 e. The molecule has 0 fully saturated rings. The van der Waals surface area contributed by atoms with Gasteiger partial charge in [0, 0.05) is 22.6 Å². The molecular weight excluding hydrogens is 428 g/mol. The Morgan fingerprint density at radius 2 is 1.81 bits per heavy atom. The van der Waals surface area contributed by atoms with E-state index in [0.29, 0.717) is 15.8 Å². The highest BCUT2D eigenvalue weighted by Crippen LogP contribution is 2.30. The van der Waals surface area contributed by atoms with E-state index in [4.69, 9.17) is 4.74 Å². The van der Waals surface area contributed by atoms with Crippen molar-refractivity contribution in [3.8, 4) is 5.75 Å². The molecule has 1 aromatic heterocycles. The zero-order valence-electron chi connectivity index (χ0n) is 15.4. The predicted octanol–water partition coefficient (Wildman–Crippen LogP) is 4.04. The Morgan fingerprint density at radius 1 is 1.07 bits per heavy atom. The summed E-state index contributed by atoms with van der Waals surface area (Å²) in [6.45, 7) is 0.813. The van der Waals surface area contributed by atoms with Gasteiger partial charge in [-0.2, -0.15) is 0 Å². The number of benzene rings is 2. The zero-order chi connectivity index (χ0) is 19.6. The van der Waals surface area contributed by atoms with Gasteiger partial charge in [-0.3, -0.25) is 4.98 Å². The number of rotatable bonds is 6. The number of methoxy groups -OCH3 is 1. The number of pyridine rings is 1. The monoisotopic (exact) mass is 448 g/mol. The molecule has 2 aromatic carbocycles. The second-order valence-corrected chi connectivity index (χ2v) is 9.54. The first kappa shape index (κ1) is 19.8. The number of hydrogen-bond donors (Lipinski definition) is 0. The average molecular weight is 449 g/mol. The maximum absolute atomic E-state index is 12.9. The lowest BCUT2D eigenvalue weighted by atomic mass is 10.1. The average Bonchev–Trinajstić information content (AvgIpc) is 2.60. The number of fused-ring (bicyclic) bond motifs is 1. The van der Waals surface area contributed by atoms with E-state index in [1.807, 2.05) is 32.3 Å². The fourth-order valence-electron chi connectivity index (χ4n) is 2.96. The third-order valence-electron chi connectivity index (χ3n) is 4.12. The number of nitrogens with zero attached hydrogens (tertiary/aromatic N) is 2. The molecule has 0 radical (unpaired) electrons. The maximum atomic E-state index is 12.9. The van der Waals surface area contributed by atoms with Crippen LogP contribution in [-0.2, 0) is 22.1 Å². The van der Waals surface area contributed by atoms with Crippen molar-refractivity contribution < 1.29 is 13.2 Å². The van der Waals surface area contributed by atoms with Gasteiger partial charge in [0.25, 0.3) is 0 Å². The van der Waals surface area contributed by atoms with E-state index in [1.165, 1.54) is 7.11 Å². The highest BCUT2D eigenvalue weighted by molar-refractivity contribution is 9.10. The number of halogens is 1. The number of sulfone groups is 1. The standard InChI is InChI=1S/C20H21BrN2O3S/c1-23(2)12-14-4-6-18-16(8-14)9-15(11-22-18)13-27(24,25)20-10-17(21)5-7-19(20)26-3/h4-11H,12-13H2,1-3H3. The Labute approximate surface area is 168 Å². The molecule has 0 spiro atoms. The lowest BCUT2D eigenvalue weighted by Gasteiger charge is -2.12. The summed E-state index contributed by atoms with van der Waals surface area (Å²) < 4.78 is 31.8. The van der Waals surface area contributed by atoms with Crippen molar-refractivity contribution in [3.05, 3.63) is 64.3 Å². The molecular formula is C20H21BrN2O3S. The van der Waals surface area contributed by atoms with Crippen molar-refractivity contribution in [2.45, 2.75) is 17.2 Å². The SMILES string of the molecule is COc1ccc(Br)cc1S(=O)(=O)Cc1cnc2ccc(CN(C)C)cc2c1. The summed E-state index contributed by atoms with van der Waals surface area (Å²) in [7, 11) is 1.91. The molecule has 142 valence electrons. The van der Waals surface area contributed by atoms with Gasteiger partial charge in [-0.25, -0.2) is 8.42 Å². The van der Waals surface area contributed by atoms with Crippen LogP contribution in [0.4, 0.5) is 0 Å². The summed E-state index contributed by atoms with van der Waals surface area (Å²) in [5, 5.41) is 0.934. The Bertz CT molecular complexity index is 1080. The number of hydrogen-bond acceptors (Lipinski definition) is 5. The molecule has 0 saturated carbocycles. The summed E-state index contributed by atoms with van der Waals surface area (Å²) in [6, 6.07) is 12.9. The highest BCUT2D eigenvalue weighted by atomic mass is 79.9. The Hall–Kier alpha value is -1.96. The molecule has 0 aliphatic rings. The molecule has 5 nitrogen and oxygen atoms in total. The lowest BCUT2D eigenvalue weighted by molar-refractivity contribution is 0.402. The maximum Gasteiger partial charge on any atom is 0.186 e. The van der Waals surface area contributed by atoms with Crippen LogP contribution >= 0.6 is 15.9 Å². The van der Waals surface area contributed by atoms with Crippen LogP contribution in [0.25, 0.3) is 10.9 Å². The normalized spacial score (nSPS) is 11.9. The summed E-state index contributed by atoms with van der Waals surface area (Å²) in [5.41, 5.74) is 2.65. The van der Waals surface area contributed by atoms with Crippen LogP contribution in [0.5, 0.6) is 5.75 Å². The molecule has 0 N–H and O–H groups in total. The third kappa shape index (κ3) is 4.66. The molecule has 0 saturated heterocycles. The first-order valence-electron chi connectivity index (χ1n) is 8.37. The van der Waals surface area contributed by atoms with E-state index in [2.05, 4.69) is 31.9 Å². The number of aromatic nitrogens is 1. The fraction of sp³-hybridized carbons (Fsp3) is 0.250. The van der Waals surface area contributed by atoms with Crippen LogP contribution in [0, 0.1) is 0 Å². The molecule has 7 heteroatoms. The van der Waals surface area contributed by atoms with Crippen molar-refractivity contribution in [2.24, 2.45) is 0 Å². The molecule has 3 aromatic rings. The summed E-state index contributed by atoms with van der Waals surface area (Å²) in [4.78, 5) is 6.67. The van der Waals surface area contributed by atoms with E-state index in [0.717, 1.165) is 23.0 Å². The van der Waals surface area contributed by atoms with Crippen molar-refractivity contribution in [3.63, 3.8) is 0 Å². The highest BCUT2D eigenvalue weighted by Gasteiger charge is 2.21. The van der Waals surface area contributed by atoms with Crippen LogP contribution in [0.15, 0.2) is 58.0 Å². The molecule has 0 atom stereocenters. The van der Waals surface area contributed by atoms with Gasteiger partial charge in [-0.1, -0.05) is 22.0 Å². The van der Waals surface area contributed by atoms with E-state index in [-0.39, 0.29) is 10.6 Å². The molecule has 3 rings (SSSR count). The molecule has 0 amide bonds. The van der Waals surface area contributed by atoms with E-state index in [9.17, 15) is 8.42 Å². The van der Waals surface area contributed by atoms with Gasteiger partial charge in [0.15, 0.2) is 9.84 Å². The van der Waals surface area contributed by atoms with E-state index in [1.54, 1.807) is 24.4 Å². The zero-order valence-corrected chi connectivity index (χ0v) is 17.8. The Balaban J connectivity index is 1.96. The van der Waals surface area contributed by atoms with Crippen molar-refractivity contribution in [2.75, 3.05) is 21.2 Å². The van der Waals surface area contributed by atoms with Crippen molar-refractivity contribution in [1.82, 2.24) is 9.88 Å². The van der Waals surface area contributed by atoms with Gasteiger partial charge < -0.3 is 9.64 Å². The second kappa shape index (κ2) is 7.96. The molecule has 0 aliphatic carbocycles. The molecule has 1 heterocycles. The minimum atomic E-state index is -3.58. The first-order valence-corrected chi connectivity index (χ1v) is 10.8.